The molecule has 230 valence electrons. The summed E-state index contributed by atoms with van der Waals surface area (Å²) in [5, 5.41) is 10.8. The Morgan fingerprint density at radius 3 is 2.49 bits per heavy atom. The summed E-state index contributed by atoms with van der Waals surface area (Å²) in [6, 6.07) is 4.57. The van der Waals surface area contributed by atoms with E-state index in [4.69, 9.17) is 14.0 Å². The third-order valence-corrected chi connectivity index (χ3v) is 6.44. The number of carbonyl (C=O) groups is 4. The van der Waals surface area contributed by atoms with E-state index in [0.29, 0.717) is 0 Å². The molecule has 0 unspecified atom stereocenters. The van der Waals surface area contributed by atoms with Crippen LogP contribution in [0.3, 0.4) is 0 Å². The van der Waals surface area contributed by atoms with E-state index >= 15 is 8.78 Å². The maximum absolute atomic E-state index is 15.3. The van der Waals surface area contributed by atoms with E-state index in [1.54, 1.807) is 13.1 Å². The predicted molar refractivity (Wildman–Crippen MR) is 143 cm³/mol. The first-order valence-electron chi connectivity index (χ1n) is 13.0. The van der Waals surface area contributed by atoms with Crippen LogP contribution in [0.1, 0.15) is 28.0 Å². The van der Waals surface area contributed by atoms with Gasteiger partial charge >= 0.3 is 12.1 Å². The molecule has 3 aromatic rings. The molecule has 1 atom stereocenters. The van der Waals surface area contributed by atoms with Crippen LogP contribution in [0.5, 0.6) is 0 Å². The first-order chi connectivity index (χ1) is 20.6. The minimum Gasteiger partial charge on any atom is -0.463 e. The van der Waals surface area contributed by atoms with Crippen LogP contribution in [0.2, 0.25) is 0 Å². The Balaban J connectivity index is 1.35. The van der Waals surface area contributed by atoms with Crippen molar-refractivity contribution in [1.82, 2.24) is 25.4 Å². The average molecular weight is 606 g/mol. The van der Waals surface area contributed by atoms with E-state index < -0.39 is 48.2 Å². The number of benzene rings is 1. The lowest BCUT2D eigenvalue weighted by Gasteiger charge is -2.28. The molecule has 43 heavy (non-hydrogen) atoms. The molecule has 0 radical (unpaired) electrons. The van der Waals surface area contributed by atoms with Gasteiger partial charge in [-0.25, -0.2) is 28.1 Å². The molecule has 2 aromatic heterocycles. The van der Waals surface area contributed by atoms with Gasteiger partial charge in [-0.15, -0.1) is 5.10 Å². The summed E-state index contributed by atoms with van der Waals surface area (Å²) in [7, 11) is 2.39. The summed E-state index contributed by atoms with van der Waals surface area (Å²) in [4.78, 5) is 56.4. The van der Waals surface area contributed by atoms with Gasteiger partial charge in [-0.1, -0.05) is 5.21 Å². The monoisotopic (exact) mass is 605 g/mol. The van der Waals surface area contributed by atoms with Gasteiger partial charge in [0.1, 0.15) is 11.8 Å². The fraction of sp³-hybridized carbons (Fsp3) is 0.385. The smallest absolute Gasteiger partial charge is 0.414 e. The van der Waals surface area contributed by atoms with E-state index in [-0.39, 0.29) is 55.6 Å². The second-order valence-electron chi connectivity index (χ2n) is 9.10. The number of ether oxygens (including phenoxy) is 2. The SMILES string of the molecule is CCN(CCN(OC)C(=O)CNC(=O)c1ccc(C(=O)OC)o1)c1c(F)cc(N2C[C@H](Cn3ccnn3)OC2=O)cc1F. The summed E-state index contributed by atoms with van der Waals surface area (Å²) in [5.41, 5.74) is -0.366. The molecule has 3 amide bonds. The number of halogens is 2. The van der Waals surface area contributed by atoms with Crippen LogP contribution < -0.4 is 15.1 Å². The number of anilines is 2. The van der Waals surface area contributed by atoms with Crippen molar-refractivity contribution in [3.8, 4) is 0 Å². The highest BCUT2D eigenvalue weighted by Crippen LogP contribution is 2.31. The van der Waals surface area contributed by atoms with Crippen LogP contribution >= 0.6 is 0 Å². The van der Waals surface area contributed by atoms with Crippen molar-refractivity contribution in [2.24, 2.45) is 0 Å². The lowest BCUT2D eigenvalue weighted by Crippen LogP contribution is -2.43. The average Bonchev–Trinajstić information content (AvgIpc) is 3.76. The van der Waals surface area contributed by atoms with Gasteiger partial charge in [-0.05, 0) is 19.1 Å². The first kappa shape index (κ1) is 30.9. The van der Waals surface area contributed by atoms with Crippen LogP contribution in [0.15, 0.2) is 41.1 Å². The van der Waals surface area contributed by atoms with E-state index in [2.05, 4.69) is 20.4 Å². The number of rotatable bonds is 13. The topological polar surface area (TPSA) is 162 Å². The third-order valence-electron chi connectivity index (χ3n) is 6.44. The number of likely N-dealkylation sites (N-methyl/N-ethyl adjacent to an activating group) is 1. The number of hydroxylamine groups is 2. The summed E-state index contributed by atoms with van der Waals surface area (Å²) in [6.45, 7) is 1.48. The molecule has 1 fully saturated rings. The van der Waals surface area contributed by atoms with E-state index in [1.807, 2.05) is 0 Å². The molecule has 1 aliphatic rings. The fourth-order valence-corrected chi connectivity index (χ4v) is 4.34. The number of hydrogen-bond donors (Lipinski definition) is 1. The van der Waals surface area contributed by atoms with Crippen LogP contribution in [0.25, 0.3) is 0 Å². The number of furan rings is 1. The summed E-state index contributed by atoms with van der Waals surface area (Å²) in [5.74, 6) is -4.42. The molecule has 1 aromatic carbocycles. The third kappa shape index (κ3) is 7.24. The molecular formula is C26H29F2N7O8. The summed E-state index contributed by atoms with van der Waals surface area (Å²) in [6.07, 6.45) is 1.73. The number of methoxy groups -OCH3 is 1. The van der Waals surface area contributed by atoms with Crippen LogP contribution in [-0.2, 0) is 25.7 Å². The number of cyclic esters (lactones) is 1. The van der Waals surface area contributed by atoms with Crippen molar-refractivity contribution < 1.29 is 46.7 Å². The number of hydrogen-bond acceptors (Lipinski definition) is 11. The molecule has 0 bridgehead atoms. The van der Waals surface area contributed by atoms with Crippen molar-refractivity contribution in [3.63, 3.8) is 0 Å². The van der Waals surface area contributed by atoms with Crippen LogP contribution in [-0.4, -0.2) is 97.0 Å². The van der Waals surface area contributed by atoms with Crippen LogP contribution in [0, 0.1) is 11.6 Å². The predicted octanol–water partition coefficient (Wildman–Crippen LogP) is 1.61. The van der Waals surface area contributed by atoms with Crippen molar-refractivity contribution in [2.75, 3.05) is 56.7 Å². The molecule has 1 aliphatic heterocycles. The Kier molecular flexibility index (Phi) is 9.87. The maximum Gasteiger partial charge on any atom is 0.414 e. The Bertz CT molecular complexity index is 1440. The van der Waals surface area contributed by atoms with Gasteiger partial charge in [-0.2, -0.15) is 0 Å². The lowest BCUT2D eigenvalue weighted by atomic mass is 10.2. The van der Waals surface area contributed by atoms with Gasteiger partial charge in [0.2, 0.25) is 5.76 Å². The molecule has 15 nitrogen and oxygen atoms in total. The Morgan fingerprint density at radius 1 is 1.14 bits per heavy atom. The lowest BCUT2D eigenvalue weighted by molar-refractivity contribution is -0.174. The highest BCUT2D eigenvalue weighted by atomic mass is 19.1. The number of amides is 3. The molecular weight excluding hydrogens is 576 g/mol. The molecule has 3 heterocycles. The normalized spacial score (nSPS) is 14.4. The molecule has 4 rings (SSSR count). The second kappa shape index (κ2) is 13.7. The molecule has 0 spiro atoms. The molecule has 0 saturated carbocycles. The van der Waals surface area contributed by atoms with Crippen molar-refractivity contribution in [2.45, 2.75) is 19.6 Å². The molecule has 1 N–H and O–H groups in total. The first-order valence-corrected chi connectivity index (χ1v) is 13.0. The Hall–Kier alpha value is -5.06. The maximum atomic E-state index is 15.3. The number of esters is 1. The molecule has 1 saturated heterocycles. The highest BCUT2D eigenvalue weighted by molar-refractivity contribution is 5.95. The van der Waals surface area contributed by atoms with E-state index in [0.717, 1.165) is 29.2 Å². The van der Waals surface area contributed by atoms with Crippen molar-refractivity contribution in [1.29, 1.82) is 0 Å². The van der Waals surface area contributed by atoms with E-state index in [9.17, 15) is 19.2 Å². The number of nitrogens with one attached hydrogen (secondary N) is 1. The zero-order valence-electron chi connectivity index (χ0n) is 23.5. The number of nitrogens with zero attached hydrogens (tertiary/aromatic N) is 6. The van der Waals surface area contributed by atoms with Gasteiger partial charge in [0.15, 0.2) is 17.4 Å². The zero-order valence-corrected chi connectivity index (χ0v) is 23.5. The van der Waals surface area contributed by atoms with Gasteiger partial charge in [-0.3, -0.25) is 19.3 Å². The van der Waals surface area contributed by atoms with Crippen LogP contribution in [0.4, 0.5) is 25.0 Å². The number of carbonyl (C=O) groups excluding carboxylic acids is 4. The molecule has 0 aliphatic carbocycles. The Labute approximate surface area is 243 Å². The number of aromatic nitrogens is 3. The van der Waals surface area contributed by atoms with Crippen molar-refractivity contribution in [3.05, 3.63) is 59.8 Å². The van der Waals surface area contributed by atoms with Gasteiger partial charge in [0.05, 0.1) is 52.3 Å². The highest BCUT2D eigenvalue weighted by Gasteiger charge is 2.34. The van der Waals surface area contributed by atoms with Gasteiger partial charge in [0.25, 0.3) is 11.8 Å². The quantitative estimate of drug-likeness (QED) is 0.223. The minimum absolute atomic E-state index is 0.0133. The molecule has 17 heteroatoms. The van der Waals surface area contributed by atoms with Gasteiger partial charge in [0, 0.05) is 31.4 Å². The standard InChI is InChI=1S/C26H29F2N7O8/c1-4-32(9-10-35(41-3)22(36)13-29-24(37)20-5-6-21(43-20)25(38)40-2)23-18(27)11-16(12-19(23)28)34-15-17(42-26(34)39)14-33-8-7-30-31-33/h5-8,11-12,17H,4,9-10,13-15H2,1-3H3,(H,29,37)/t17-/m0/s1. The van der Waals surface area contributed by atoms with Gasteiger partial charge < -0.3 is 24.1 Å². The summed E-state index contributed by atoms with van der Waals surface area (Å²) >= 11 is 0. The van der Waals surface area contributed by atoms with E-state index in [1.165, 1.54) is 35.0 Å². The minimum atomic E-state index is -0.920. The Morgan fingerprint density at radius 2 is 1.86 bits per heavy atom. The second-order valence-corrected chi connectivity index (χ2v) is 9.10. The fourth-order valence-electron chi connectivity index (χ4n) is 4.34. The summed E-state index contributed by atoms with van der Waals surface area (Å²) < 4.78 is 46.9. The van der Waals surface area contributed by atoms with Crippen molar-refractivity contribution >= 4 is 35.3 Å². The zero-order chi connectivity index (χ0) is 31.1. The largest absolute Gasteiger partial charge is 0.463 e.